The average Bonchev–Trinajstić information content (AvgIpc) is 3.64. The summed E-state index contributed by atoms with van der Waals surface area (Å²) >= 11 is 0. The molecule has 18 heteroatoms. The average molecular weight is 1050 g/mol. The van der Waals surface area contributed by atoms with E-state index in [4.69, 9.17) is 0 Å². The number of carbonyl (C=O) groups excluding carboxylic acids is 3. The van der Waals surface area contributed by atoms with Crippen molar-refractivity contribution in [1.82, 2.24) is 45.5 Å². The van der Waals surface area contributed by atoms with Crippen molar-refractivity contribution in [3.8, 4) is 0 Å². The van der Waals surface area contributed by atoms with E-state index in [2.05, 4.69) is 45.4 Å². The van der Waals surface area contributed by atoms with E-state index in [1.165, 1.54) is 19.4 Å². The van der Waals surface area contributed by atoms with E-state index in [9.17, 15) is 14.4 Å². The van der Waals surface area contributed by atoms with Crippen LogP contribution >= 0.6 is 0 Å². The molecule has 204 valence electrons. The number of hydrogen-bond donors (Lipinski definition) is 0. The van der Waals surface area contributed by atoms with Gasteiger partial charge < -0.3 is 36.3 Å². The number of fused-ring (bicyclic) bond motifs is 3. The van der Waals surface area contributed by atoms with Gasteiger partial charge in [-0.15, -0.1) is 29.8 Å². The van der Waals surface area contributed by atoms with Crippen LogP contribution in [0.1, 0.15) is 0 Å². The molecule has 0 aliphatic rings. The Morgan fingerprint density at radius 1 is 0.500 bits per heavy atom. The Balaban J connectivity index is 0.000000543. The van der Waals surface area contributed by atoms with Crippen LogP contribution in [-0.4, -0.2) is 64.9 Å². The van der Waals surface area contributed by atoms with Crippen LogP contribution in [0.25, 0.3) is 33.1 Å². The number of hydrogen-bond acceptors (Lipinski definition) is 12. The Hall–Kier alpha value is -3.67. The fraction of sp³-hybridized carbons (Fsp3) is 0. The van der Waals surface area contributed by atoms with Crippen LogP contribution in [0.3, 0.4) is 0 Å². The molecule has 0 unspecified atom stereocenters. The van der Waals surface area contributed by atoms with Crippen LogP contribution in [0, 0.1) is 7.43 Å². The number of rotatable bonds is 6. The molecule has 15 nitrogen and oxygen atoms in total. The van der Waals surface area contributed by atoms with E-state index < -0.39 is 0 Å². The van der Waals surface area contributed by atoms with Gasteiger partial charge in [-0.25, -0.2) is 0 Å². The fourth-order valence-electron chi connectivity index (χ4n) is 2.85. The van der Waals surface area contributed by atoms with Crippen LogP contribution in [0.4, 0.5) is 0 Å². The largest absolute Gasteiger partial charge is 2.00 e. The van der Waals surface area contributed by atoms with Crippen molar-refractivity contribution < 1.29 is 92.1 Å². The molecule has 0 radical (unpaired) electrons. The molecule has 0 aliphatic heterocycles. The Morgan fingerprint density at radius 3 is 1.00 bits per heavy atom. The second-order valence-corrected chi connectivity index (χ2v) is 6.38. The van der Waals surface area contributed by atoms with Gasteiger partial charge >= 0.3 is 21.1 Å². The predicted octanol–water partition coefficient (Wildman–Crippen LogP) is 0.224. The molecular weight excluding hydrogens is 1040 g/mol. The molecule has 0 amide bonds. The molecule has 40 heavy (non-hydrogen) atoms. The Labute approximate surface area is 268 Å². The molecule has 0 bridgehead atoms. The molecule has 3 aromatic carbocycles. The molecule has 3 aromatic heterocycles. The zero-order chi connectivity index (χ0) is 25.2. The Morgan fingerprint density at radius 2 is 0.750 bits per heavy atom. The normalized spacial score (nSPS) is 9.00. The molecule has 0 aliphatic carbocycles. The fourth-order valence-corrected chi connectivity index (χ4v) is 2.85. The predicted molar refractivity (Wildman–Crippen MR) is 126 cm³/mol. The van der Waals surface area contributed by atoms with Crippen LogP contribution < -0.4 is 14.5 Å². The first kappa shape index (κ1) is 36.3. The van der Waals surface area contributed by atoms with Crippen molar-refractivity contribution in [2.75, 3.05) is 0 Å². The molecular formula is C22H15N9O6W3-2. The standard InChI is InChI=1S/3C7H4N3O2.CH3.3W/c3*11-5-12-10-7-4-2-1-3-6(7)8-9-10;;;;/h3*1-4H;1H3;;;/q4*-1;;;+2. The quantitative estimate of drug-likeness (QED) is 0.165. The van der Waals surface area contributed by atoms with E-state index in [1.54, 1.807) is 54.6 Å². The molecule has 0 N–H and O–H groups in total. The summed E-state index contributed by atoms with van der Waals surface area (Å²) < 4.78 is 0. The van der Waals surface area contributed by atoms with Crippen LogP contribution in [0.15, 0.2) is 72.8 Å². The summed E-state index contributed by atoms with van der Waals surface area (Å²) in [5, 5.41) is 21.9. The van der Waals surface area contributed by atoms with Gasteiger partial charge in [0.1, 0.15) is 33.1 Å². The maximum absolute atomic E-state index is 9.88. The monoisotopic (exact) mass is 1050 g/mol. The second-order valence-electron chi connectivity index (χ2n) is 6.38. The summed E-state index contributed by atoms with van der Waals surface area (Å²) in [4.78, 5) is 45.9. The van der Waals surface area contributed by atoms with E-state index >= 15 is 0 Å². The second kappa shape index (κ2) is 18.6. The Kier molecular flexibility index (Phi) is 16.9. The molecule has 0 saturated heterocycles. The van der Waals surface area contributed by atoms with Crippen LogP contribution in [-0.2, 0) is 77.6 Å². The van der Waals surface area contributed by atoms with Crippen molar-refractivity contribution in [3.63, 3.8) is 0 Å². The molecule has 0 atom stereocenters. The van der Waals surface area contributed by atoms with Crippen LogP contribution in [0.2, 0.25) is 0 Å². The van der Waals surface area contributed by atoms with Crippen molar-refractivity contribution in [2.45, 2.75) is 0 Å². The van der Waals surface area contributed by atoms with Gasteiger partial charge in [-0.3, -0.25) is 0 Å². The van der Waals surface area contributed by atoms with Gasteiger partial charge in [0.2, 0.25) is 0 Å². The number of para-hydroxylation sites is 3. The molecule has 6 rings (SSSR count). The van der Waals surface area contributed by atoms with E-state index in [0.29, 0.717) is 33.1 Å². The van der Waals surface area contributed by atoms with Crippen molar-refractivity contribution in [1.29, 1.82) is 0 Å². The molecule has 0 spiro atoms. The summed E-state index contributed by atoms with van der Waals surface area (Å²) in [5.74, 6) is 0. The number of nitrogens with zero attached hydrogens (tertiary/aromatic N) is 9. The minimum Gasteiger partial charge on any atom is -0.525 e. The smallest absolute Gasteiger partial charge is 0.525 e. The maximum Gasteiger partial charge on any atom is 2.00 e. The third-order valence-electron chi connectivity index (χ3n) is 4.34. The first-order valence-corrected chi connectivity index (χ1v) is 9.80. The minimum atomic E-state index is 0. The van der Waals surface area contributed by atoms with Gasteiger partial charge in [-0.2, -0.15) is 0 Å². The van der Waals surface area contributed by atoms with Crippen molar-refractivity contribution in [2.24, 2.45) is 0 Å². The maximum atomic E-state index is 9.88. The first-order chi connectivity index (χ1) is 17.7. The summed E-state index contributed by atoms with van der Waals surface area (Å²) in [5.41, 5.74) is 3.94. The third-order valence-corrected chi connectivity index (χ3v) is 4.34. The van der Waals surface area contributed by atoms with Gasteiger partial charge in [0.15, 0.2) is 0 Å². The van der Waals surface area contributed by atoms with Gasteiger partial charge in [0.05, 0.1) is 0 Å². The number of benzene rings is 3. The Bertz CT molecular complexity index is 1440. The first-order valence-electron chi connectivity index (χ1n) is 9.80. The minimum absolute atomic E-state index is 0. The van der Waals surface area contributed by atoms with Gasteiger partial charge in [0.25, 0.3) is 0 Å². The summed E-state index contributed by atoms with van der Waals surface area (Å²) in [6, 6.07) is 21.4. The van der Waals surface area contributed by atoms with Gasteiger partial charge in [-0.05, 0) is 71.5 Å². The van der Waals surface area contributed by atoms with E-state index in [1.807, 2.05) is 18.2 Å². The zero-order valence-corrected chi connectivity index (χ0v) is 28.9. The van der Waals surface area contributed by atoms with Crippen molar-refractivity contribution >= 4 is 52.5 Å². The van der Waals surface area contributed by atoms with Gasteiger partial charge in [-0.1, -0.05) is 36.4 Å². The van der Waals surface area contributed by atoms with Gasteiger partial charge in [0, 0.05) is 42.1 Å². The topological polar surface area (TPSA) is 171 Å². The molecule has 6 aromatic rings. The SMILES string of the molecule is O=[C-]On1nnc2ccccc21.O=[C-]On1nnc2ccccc21.O=[C-]On1nnc2ccccc21.[CH3-].[W+2].[W].[W]. The summed E-state index contributed by atoms with van der Waals surface area (Å²) in [6.07, 6.45) is 0. The van der Waals surface area contributed by atoms with E-state index in [-0.39, 0.29) is 70.6 Å². The summed E-state index contributed by atoms with van der Waals surface area (Å²) in [7, 11) is 0. The van der Waals surface area contributed by atoms with Crippen LogP contribution in [0.5, 0.6) is 0 Å². The molecule has 3 heterocycles. The molecule has 0 saturated carbocycles. The van der Waals surface area contributed by atoms with Crippen molar-refractivity contribution in [3.05, 3.63) is 80.2 Å². The third kappa shape index (κ3) is 8.94. The summed E-state index contributed by atoms with van der Waals surface area (Å²) in [6.45, 7) is 3.82. The zero-order valence-electron chi connectivity index (χ0n) is 20.1. The number of aromatic nitrogens is 9. The van der Waals surface area contributed by atoms with E-state index in [0.717, 1.165) is 14.5 Å². The molecule has 0 fully saturated rings.